The van der Waals surface area contributed by atoms with Gasteiger partial charge in [0.25, 0.3) is 0 Å². The van der Waals surface area contributed by atoms with E-state index >= 15 is 0 Å². The molecule has 0 fully saturated rings. The Hall–Kier alpha value is -1.74. The fraction of sp³-hybridized carbons (Fsp3) is 0.100. The topological polar surface area (TPSA) is 69.2 Å². The lowest BCUT2D eigenvalue weighted by molar-refractivity contribution is 0.485. The van der Waals surface area contributed by atoms with Gasteiger partial charge in [0.2, 0.25) is 0 Å². The highest BCUT2D eigenvalue weighted by Gasteiger charge is 2.24. The van der Waals surface area contributed by atoms with Crippen LogP contribution in [-0.4, -0.2) is 18.4 Å². The van der Waals surface area contributed by atoms with Crippen molar-refractivity contribution in [2.75, 3.05) is 0 Å². The van der Waals surface area contributed by atoms with Crippen molar-refractivity contribution in [3.05, 3.63) is 73.6 Å². The van der Waals surface area contributed by atoms with Gasteiger partial charge in [0, 0.05) is 0 Å². The van der Waals surface area contributed by atoms with Crippen LogP contribution in [0.15, 0.2) is 57.5 Å². The Morgan fingerprint density at radius 1 is 0.931 bits per heavy atom. The van der Waals surface area contributed by atoms with E-state index in [0.717, 1.165) is 5.56 Å². The Kier molecular flexibility index (Phi) is 5.54. The third-order valence-electron chi connectivity index (χ3n) is 4.30. The quantitative estimate of drug-likeness (QED) is 0.171. The number of rotatable bonds is 4. The molecule has 1 aromatic heterocycles. The summed E-state index contributed by atoms with van der Waals surface area (Å²) >= 11 is 13.2. The van der Waals surface area contributed by atoms with Gasteiger partial charge in [-0.1, -0.05) is 54.1 Å². The van der Waals surface area contributed by atoms with Gasteiger partial charge in [-0.15, -0.1) is 0 Å². The molecule has 0 aliphatic heterocycles. The van der Waals surface area contributed by atoms with Crippen LogP contribution < -0.4 is 4.18 Å². The number of aryl methyl sites for hydroxylation is 1. The normalized spacial score (nSPS) is 11.9. The summed E-state index contributed by atoms with van der Waals surface area (Å²) in [6.07, 6.45) is 0. The molecule has 0 saturated carbocycles. The van der Waals surface area contributed by atoms with Crippen molar-refractivity contribution in [2.24, 2.45) is 0 Å². The molecule has 4 rings (SSSR count). The fourth-order valence-corrected chi connectivity index (χ4v) is 5.51. The molecule has 1 heterocycles. The summed E-state index contributed by atoms with van der Waals surface area (Å²) in [5.41, 5.74) is 3.61. The molecule has 0 atom stereocenters. The van der Waals surface area contributed by atoms with Gasteiger partial charge in [0.1, 0.15) is 16.8 Å². The maximum atomic E-state index is 12.7. The van der Waals surface area contributed by atoms with Crippen molar-refractivity contribution < 1.29 is 12.6 Å². The number of fused-ring (bicyclic) bond motifs is 2. The Morgan fingerprint density at radius 3 is 2.38 bits per heavy atom. The zero-order valence-electron chi connectivity index (χ0n) is 15.0. The summed E-state index contributed by atoms with van der Waals surface area (Å²) in [6, 6.07) is 14.4. The third-order valence-corrected chi connectivity index (χ3v) is 7.77. The predicted octanol–water partition coefficient (Wildman–Crippen LogP) is 6.18. The van der Waals surface area contributed by atoms with Crippen LogP contribution in [0.5, 0.6) is 5.75 Å². The Bertz CT molecular complexity index is 1360. The SMILES string of the molecule is Cc1cccc2nc3c(OS(=O)(=O)Cc4ccccc4)c(Br)c(Cl)c(Br)c3nc12. The summed E-state index contributed by atoms with van der Waals surface area (Å²) in [6.45, 7) is 1.93. The fourth-order valence-electron chi connectivity index (χ4n) is 2.94. The van der Waals surface area contributed by atoms with Crippen LogP contribution in [0, 0.1) is 6.92 Å². The standard InChI is InChI=1S/C20H13Br2ClN2O3S/c1-11-6-5-9-13-17(11)25-18-14(21)16(23)15(22)20(19(18)24-13)28-29(26,27)10-12-7-3-2-4-8-12/h2-9H,10H2,1H3. The average Bonchev–Trinajstić information content (AvgIpc) is 2.69. The van der Waals surface area contributed by atoms with Crippen LogP contribution in [-0.2, 0) is 15.9 Å². The lowest BCUT2D eigenvalue weighted by atomic mass is 10.2. The maximum absolute atomic E-state index is 12.7. The first-order valence-electron chi connectivity index (χ1n) is 8.46. The Morgan fingerprint density at radius 2 is 1.66 bits per heavy atom. The zero-order valence-corrected chi connectivity index (χ0v) is 19.7. The summed E-state index contributed by atoms with van der Waals surface area (Å²) in [4.78, 5) is 9.29. The number of aromatic nitrogens is 2. The number of para-hydroxylation sites is 1. The molecule has 29 heavy (non-hydrogen) atoms. The second-order valence-electron chi connectivity index (χ2n) is 6.41. The predicted molar refractivity (Wildman–Crippen MR) is 122 cm³/mol. The van der Waals surface area contributed by atoms with E-state index in [1.54, 1.807) is 24.3 Å². The molecular weight excluding hydrogens is 544 g/mol. The molecule has 0 spiro atoms. The first-order chi connectivity index (χ1) is 13.8. The van der Waals surface area contributed by atoms with Crippen molar-refractivity contribution in [1.29, 1.82) is 0 Å². The number of nitrogens with zero attached hydrogens (tertiary/aromatic N) is 2. The van der Waals surface area contributed by atoms with Crippen LogP contribution in [0.4, 0.5) is 0 Å². The first kappa shape index (κ1) is 20.5. The summed E-state index contributed by atoms with van der Waals surface area (Å²) < 4.78 is 31.7. The first-order valence-corrected chi connectivity index (χ1v) is 12.0. The van der Waals surface area contributed by atoms with E-state index in [0.29, 0.717) is 32.1 Å². The van der Waals surface area contributed by atoms with Crippen molar-refractivity contribution in [2.45, 2.75) is 12.7 Å². The van der Waals surface area contributed by atoms with E-state index in [1.807, 2.05) is 31.2 Å². The molecule has 0 radical (unpaired) electrons. The number of benzene rings is 3. The highest BCUT2D eigenvalue weighted by Crippen LogP contribution is 2.45. The highest BCUT2D eigenvalue weighted by molar-refractivity contribution is 9.11. The van der Waals surface area contributed by atoms with Crippen LogP contribution in [0.3, 0.4) is 0 Å². The minimum atomic E-state index is -3.96. The minimum absolute atomic E-state index is 0.0139. The van der Waals surface area contributed by atoms with Gasteiger partial charge < -0.3 is 4.18 Å². The van der Waals surface area contributed by atoms with E-state index in [4.69, 9.17) is 15.8 Å². The van der Waals surface area contributed by atoms with Gasteiger partial charge in [-0.05, 0) is 56.0 Å². The van der Waals surface area contributed by atoms with Gasteiger partial charge in [0.15, 0.2) is 5.75 Å². The van der Waals surface area contributed by atoms with Crippen molar-refractivity contribution in [3.63, 3.8) is 0 Å². The lowest BCUT2D eigenvalue weighted by Crippen LogP contribution is -2.13. The largest absolute Gasteiger partial charge is 0.378 e. The maximum Gasteiger partial charge on any atom is 0.313 e. The molecule has 4 aromatic rings. The Balaban J connectivity index is 1.91. The smallest absolute Gasteiger partial charge is 0.313 e. The third kappa shape index (κ3) is 3.99. The average molecular weight is 557 g/mol. The van der Waals surface area contributed by atoms with Gasteiger partial charge in [-0.3, -0.25) is 0 Å². The Labute approximate surface area is 189 Å². The van der Waals surface area contributed by atoms with E-state index < -0.39 is 10.1 Å². The molecule has 0 bridgehead atoms. The van der Waals surface area contributed by atoms with E-state index in [1.165, 1.54) is 0 Å². The molecule has 5 nitrogen and oxygen atoms in total. The van der Waals surface area contributed by atoms with E-state index in [2.05, 4.69) is 41.8 Å². The zero-order chi connectivity index (χ0) is 20.8. The molecule has 0 N–H and O–H groups in total. The second kappa shape index (κ2) is 7.83. The molecule has 0 amide bonds. The monoisotopic (exact) mass is 554 g/mol. The summed E-state index contributed by atoms with van der Waals surface area (Å²) in [5.74, 6) is -0.268. The number of hydrogen-bond acceptors (Lipinski definition) is 5. The van der Waals surface area contributed by atoms with Crippen molar-refractivity contribution >= 4 is 75.6 Å². The molecule has 0 aliphatic carbocycles. The van der Waals surface area contributed by atoms with E-state index in [-0.39, 0.29) is 21.0 Å². The summed E-state index contributed by atoms with van der Waals surface area (Å²) in [7, 11) is -3.96. The molecule has 3 aromatic carbocycles. The summed E-state index contributed by atoms with van der Waals surface area (Å²) in [5, 5.41) is 0.254. The number of halogens is 3. The van der Waals surface area contributed by atoms with E-state index in [9.17, 15) is 8.42 Å². The van der Waals surface area contributed by atoms with Gasteiger partial charge in [0.05, 0.1) is 25.0 Å². The van der Waals surface area contributed by atoms with Gasteiger partial charge in [-0.25, -0.2) is 9.97 Å². The number of hydrogen-bond donors (Lipinski definition) is 0. The molecule has 0 unspecified atom stereocenters. The highest BCUT2D eigenvalue weighted by atomic mass is 79.9. The van der Waals surface area contributed by atoms with Gasteiger partial charge in [-0.2, -0.15) is 8.42 Å². The molecule has 0 aliphatic rings. The molecular formula is C20H13Br2ClN2O3S. The van der Waals surface area contributed by atoms with Crippen LogP contribution >= 0.6 is 43.5 Å². The minimum Gasteiger partial charge on any atom is -0.378 e. The molecule has 9 heteroatoms. The van der Waals surface area contributed by atoms with Crippen LogP contribution in [0.25, 0.3) is 22.1 Å². The van der Waals surface area contributed by atoms with Crippen molar-refractivity contribution in [1.82, 2.24) is 9.97 Å². The van der Waals surface area contributed by atoms with Gasteiger partial charge >= 0.3 is 10.1 Å². The van der Waals surface area contributed by atoms with Crippen LogP contribution in [0.2, 0.25) is 5.02 Å². The van der Waals surface area contributed by atoms with Crippen molar-refractivity contribution in [3.8, 4) is 5.75 Å². The second-order valence-corrected chi connectivity index (χ2v) is 9.94. The molecule has 0 saturated heterocycles. The lowest BCUT2D eigenvalue weighted by Gasteiger charge is -2.14. The van der Waals surface area contributed by atoms with Crippen LogP contribution in [0.1, 0.15) is 11.1 Å². The molecule has 148 valence electrons.